The van der Waals surface area contributed by atoms with E-state index in [0.717, 1.165) is 0 Å². The summed E-state index contributed by atoms with van der Waals surface area (Å²) in [5.74, 6) is -0.263. The molecule has 0 radical (unpaired) electrons. The van der Waals surface area contributed by atoms with E-state index in [1.54, 1.807) is 36.4 Å². The second kappa shape index (κ2) is 8.16. The Morgan fingerprint density at radius 2 is 1.81 bits per heavy atom. The van der Waals surface area contributed by atoms with Crippen molar-refractivity contribution in [1.29, 1.82) is 0 Å². The standard InChI is InChI=1S/C19H14Cl2N2O4/c1-26-16-7-5-12(22-19(25)17-3-2-8-27-17)10-15(16)23-18(24)13-6-4-11(20)9-14(13)21/h2-10H,1H3,(H,22,25)(H,23,24). The van der Waals surface area contributed by atoms with Crippen molar-refractivity contribution < 1.29 is 18.7 Å². The lowest BCUT2D eigenvalue weighted by Gasteiger charge is -2.13. The van der Waals surface area contributed by atoms with E-state index in [4.69, 9.17) is 32.4 Å². The van der Waals surface area contributed by atoms with Gasteiger partial charge in [-0.15, -0.1) is 0 Å². The Hall–Kier alpha value is -2.96. The molecular weight excluding hydrogens is 391 g/mol. The Morgan fingerprint density at radius 3 is 2.48 bits per heavy atom. The van der Waals surface area contributed by atoms with Gasteiger partial charge in [-0.1, -0.05) is 23.2 Å². The van der Waals surface area contributed by atoms with Crippen LogP contribution in [0, 0.1) is 0 Å². The van der Waals surface area contributed by atoms with Gasteiger partial charge in [-0.25, -0.2) is 0 Å². The smallest absolute Gasteiger partial charge is 0.291 e. The van der Waals surface area contributed by atoms with Gasteiger partial charge in [-0.2, -0.15) is 0 Å². The van der Waals surface area contributed by atoms with Crippen molar-refractivity contribution in [1.82, 2.24) is 0 Å². The van der Waals surface area contributed by atoms with Gasteiger partial charge in [0.2, 0.25) is 0 Å². The molecule has 0 spiro atoms. The van der Waals surface area contributed by atoms with Gasteiger partial charge in [0.25, 0.3) is 11.8 Å². The summed E-state index contributed by atoms with van der Waals surface area (Å²) in [6.45, 7) is 0. The molecule has 0 atom stereocenters. The maximum absolute atomic E-state index is 12.5. The second-order valence-electron chi connectivity index (χ2n) is 5.42. The number of ether oxygens (including phenoxy) is 1. The molecule has 0 fully saturated rings. The maximum atomic E-state index is 12.5. The summed E-state index contributed by atoms with van der Waals surface area (Å²) < 4.78 is 10.3. The highest BCUT2D eigenvalue weighted by molar-refractivity contribution is 6.37. The summed E-state index contributed by atoms with van der Waals surface area (Å²) in [6, 6.07) is 12.6. The van der Waals surface area contributed by atoms with Gasteiger partial charge < -0.3 is 19.8 Å². The topological polar surface area (TPSA) is 80.6 Å². The molecule has 0 bridgehead atoms. The van der Waals surface area contributed by atoms with Gasteiger partial charge in [0.1, 0.15) is 5.75 Å². The van der Waals surface area contributed by atoms with Crippen LogP contribution < -0.4 is 15.4 Å². The number of amides is 2. The van der Waals surface area contributed by atoms with Crippen LogP contribution in [-0.4, -0.2) is 18.9 Å². The maximum Gasteiger partial charge on any atom is 0.291 e. The van der Waals surface area contributed by atoms with Crippen molar-refractivity contribution in [2.24, 2.45) is 0 Å². The van der Waals surface area contributed by atoms with Gasteiger partial charge in [-0.05, 0) is 48.5 Å². The van der Waals surface area contributed by atoms with Crippen LogP contribution in [0.2, 0.25) is 10.0 Å². The molecule has 0 unspecified atom stereocenters. The van der Waals surface area contributed by atoms with Crippen molar-refractivity contribution in [3.05, 3.63) is 76.2 Å². The number of hydrogen-bond donors (Lipinski definition) is 2. The Labute approximate surface area is 165 Å². The molecule has 0 saturated carbocycles. The fraction of sp³-hybridized carbons (Fsp3) is 0.0526. The van der Waals surface area contributed by atoms with Crippen molar-refractivity contribution in [2.45, 2.75) is 0 Å². The van der Waals surface area contributed by atoms with Crippen LogP contribution in [0.5, 0.6) is 5.75 Å². The van der Waals surface area contributed by atoms with Gasteiger partial charge in [0, 0.05) is 10.7 Å². The predicted molar refractivity (Wildman–Crippen MR) is 104 cm³/mol. The van der Waals surface area contributed by atoms with Crippen LogP contribution >= 0.6 is 23.2 Å². The Morgan fingerprint density at radius 1 is 1.00 bits per heavy atom. The lowest BCUT2D eigenvalue weighted by atomic mass is 10.2. The fourth-order valence-electron chi connectivity index (χ4n) is 2.35. The third-order valence-corrected chi connectivity index (χ3v) is 4.17. The first kappa shape index (κ1) is 18.8. The average Bonchev–Trinajstić information content (AvgIpc) is 3.16. The number of anilines is 2. The van der Waals surface area contributed by atoms with Crippen molar-refractivity contribution in [3.8, 4) is 5.75 Å². The van der Waals surface area contributed by atoms with E-state index >= 15 is 0 Å². The number of methoxy groups -OCH3 is 1. The molecule has 0 aliphatic rings. The average molecular weight is 405 g/mol. The Balaban J connectivity index is 1.83. The minimum atomic E-state index is -0.440. The zero-order chi connectivity index (χ0) is 19.4. The Kier molecular flexibility index (Phi) is 5.69. The number of halogens is 2. The highest BCUT2D eigenvalue weighted by Crippen LogP contribution is 2.30. The summed E-state index contributed by atoms with van der Waals surface area (Å²) >= 11 is 11.9. The number of carbonyl (C=O) groups is 2. The van der Waals surface area contributed by atoms with Gasteiger partial charge in [0.15, 0.2) is 5.76 Å². The molecule has 1 heterocycles. The van der Waals surface area contributed by atoms with E-state index in [2.05, 4.69) is 10.6 Å². The molecule has 8 heteroatoms. The number of furan rings is 1. The number of benzene rings is 2. The third-order valence-electron chi connectivity index (χ3n) is 3.63. The van der Waals surface area contributed by atoms with E-state index in [9.17, 15) is 9.59 Å². The number of carbonyl (C=O) groups excluding carboxylic acids is 2. The van der Waals surface area contributed by atoms with Crippen LogP contribution in [0.3, 0.4) is 0 Å². The fourth-order valence-corrected chi connectivity index (χ4v) is 2.84. The summed E-state index contributed by atoms with van der Waals surface area (Å²) in [5, 5.41) is 6.06. The molecule has 2 aromatic carbocycles. The number of nitrogens with one attached hydrogen (secondary N) is 2. The van der Waals surface area contributed by atoms with Crippen LogP contribution in [0.4, 0.5) is 11.4 Å². The van der Waals surface area contributed by atoms with Gasteiger partial charge in [0.05, 0.1) is 29.6 Å². The number of hydrogen-bond acceptors (Lipinski definition) is 4. The van der Waals surface area contributed by atoms with Crippen molar-refractivity contribution in [3.63, 3.8) is 0 Å². The second-order valence-corrected chi connectivity index (χ2v) is 6.27. The quantitative estimate of drug-likeness (QED) is 0.619. The SMILES string of the molecule is COc1ccc(NC(=O)c2ccco2)cc1NC(=O)c1ccc(Cl)cc1Cl. The van der Waals surface area contributed by atoms with Crippen LogP contribution in [-0.2, 0) is 0 Å². The molecule has 0 aliphatic heterocycles. The minimum absolute atomic E-state index is 0.171. The normalized spacial score (nSPS) is 10.3. The van der Waals surface area contributed by atoms with Crippen LogP contribution in [0.15, 0.2) is 59.2 Å². The first-order valence-electron chi connectivity index (χ1n) is 7.77. The van der Waals surface area contributed by atoms with Crippen LogP contribution in [0.1, 0.15) is 20.9 Å². The van der Waals surface area contributed by atoms with E-state index < -0.39 is 11.8 Å². The summed E-state index contributed by atoms with van der Waals surface area (Å²) in [7, 11) is 1.47. The Bertz CT molecular complexity index is 987. The van der Waals surface area contributed by atoms with Crippen molar-refractivity contribution >= 4 is 46.4 Å². The summed E-state index contributed by atoms with van der Waals surface area (Å²) in [6.07, 6.45) is 1.41. The lowest BCUT2D eigenvalue weighted by molar-refractivity contribution is 0.0995. The third kappa shape index (κ3) is 4.42. The van der Waals surface area contributed by atoms with E-state index in [0.29, 0.717) is 22.1 Å². The first-order chi connectivity index (χ1) is 13.0. The van der Waals surface area contributed by atoms with E-state index in [-0.39, 0.29) is 16.3 Å². The molecule has 2 amide bonds. The molecule has 1 aromatic heterocycles. The summed E-state index contributed by atoms with van der Waals surface area (Å²) in [4.78, 5) is 24.6. The molecule has 3 aromatic rings. The highest BCUT2D eigenvalue weighted by atomic mass is 35.5. The predicted octanol–water partition coefficient (Wildman–Crippen LogP) is 5.10. The zero-order valence-corrected chi connectivity index (χ0v) is 15.6. The molecule has 0 saturated heterocycles. The monoisotopic (exact) mass is 404 g/mol. The zero-order valence-electron chi connectivity index (χ0n) is 14.1. The molecule has 6 nitrogen and oxygen atoms in total. The minimum Gasteiger partial charge on any atom is -0.495 e. The van der Waals surface area contributed by atoms with Gasteiger partial charge in [-0.3, -0.25) is 9.59 Å². The molecule has 3 rings (SSSR count). The van der Waals surface area contributed by atoms with E-state index in [1.165, 1.54) is 25.5 Å². The molecule has 0 aliphatic carbocycles. The molecule has 27 heavy (non-hydrogen) atoms. The van der Waals surface area contributed by atoms with E-state index in [1.807, 2.05) is 0 Å². The van der Waals surface area contributed by atoms with Crippen molar-refractivity contribution in [2.75, 3.05) is 17.7 Å². The molecule has 2 N–H and O–H groups in total. The number of rotatable bonds is 5. The van der Waals surface area contributed by atoms with Gasteiger partial charge >= 0.3 is 0 Å². The lowest BCUT2D eigenvalue weighted by Crippen LogP contribution is -2.14. The van der Waals surface area contributed by atoms with Crippen LogP contribution in [0.25, 0.3) is 0 Å². The largest absolute Gasteiger partial charge is 0.495 e. The molecule has 138 valence electrons. The molecular formula is C19H14Cl2N2O4. The first-order valence-corrected chi connectivity index (χ1v) is 8.53. The summed E-state index contributed by atoms with van der Waals surface area (Å²) in [5.41, 5.74) is 1.08. The highest BCUT2D eigenvalue weighted by Gasteiger charge is 2.15.